The van der Waals surface area contributed by atoms with Crippen LogP contribution in [-0.4, -0.2) is 17.0 Å². The molecule has 0 aliphatic rings. The highest BCUT2D eigenvalue weighted by Crippen LogP contribution is 2.28. The van der Waals surface area contributed by atoms with Crippen molar-refractivity contribution in [3.8, 4) is 0 Å². The molecule has 0 amide bonds. The van der Waals surface area contributed by atoms with Gasteiger partial charge in [0.05, 0.1) is 11.9 Å². The number of aryl methyl sites for hydroxylation is 1. The van der Waals surface area contributed by atoms with E-state index in [9.17, 15) is 0 Å². The summed E-state index contributed by atoms with van der Waals surface area (Å²) < 4.78 is 0. The molecule has 0 saturated heterocycles. The fourth-order valence-electron chi connectivity index (χ4n) is 1.98. The highest BCUT2D eigenvalue weighted by molar-refractivity contribution is 6.31. The second-order valence-corrected chi connectivity index (χ2v) is 5.40. The van der Waals surface area contributed by atoms with E-state index in [1.54, 1.807) is 6.20 Å². The summed E-state index contributed by atoms with van der Waals surface area (Å²) >= 11 is 12.1. The van der Waals surface area contributed by atoms with Crippen LogP contribution >= 0.6 is 23.2 Å². The highest BCUT2D eigenvalue weighted by atomic mass is 35.5. The quantitative estimate of drug-likeness (QED) is 0.785. The number of nitrogens with zero attached hydrogens (tertiary/aromatic N) is 3. The summed E-state index contributed by atoms with van der Waals surface area (Å²) in [7, 11) is 1.96. The maximum Gasteiger partial charge on any atom is 0.225 e. The normalized spacial score (nSPS) is 12.2. The molecular weight excluding hydrogens is 293 g/mol. The number of benzene rings is 1. The Morgan fingerprint density at radius 2 is 2.00 bits per heavy atom. The Morgan fingerprint density at radius 1 is 1.30 bits per heavy atom. The van der Waals surface area contributed by atoms with Crippen molar-refractivity contribution in [1.82, 2.24) is 9.97 Å². The predicted molar refractivity (Wildman–Crippen MR) is 84.6 cm³/mol. The molecule has 0 radical (unpaired) electrons. The Kier molecular flexibility index (Phi) is 4.84. The molecule has 0 spiro atoms. The fraction of sp³-hybridized carbons (Fsp3) is 0.333. The standard InChI is InChI=1S/C15H17Cl2N3/c1-10-12(8-16)9-18-15(19-10)20(3)11(2)13-6-4-5-7-14(13)17/h4-7,9,11H,8H2,1-3H3. The van der Waals surface area contributed by atoms with Gasteiger partial charge in [0, 0.05) is 29.5 Å². The Hall–Kier alpha value is -1.32. The molecule has 3 nitrogen and oxygen atoms in total. The minimum atomic E-state index is 0.0879. The highest BCUT2D eigenvalue weighted by Gasteiger charge is 2.17. The average Bonchev–Trinajstić information content (AvgIpc) is 2.46. The van der Waals surface area contributed by atoms with Crippen LogP contribution in [0.15, 0.2) is 30.5 Å². The summed E-state index contributed by atoms with van der Waals surface area (Å²) in [6.45, 7) is 4.02. The van der Waals surface area contributed by atoms with E-state index < -0.39 is 0 Å². The Labute approximate surface area is 129 Å². The van der Waals surface area contributed by atoms with Gasteiger partial charge in [-0.1, -0.05) is 29.8 Å². The molecule has 1 aromatic heterocycles. The van der Waals surface area contributed by atoms with E-state index in [-0.39, 0.29) is 6.04 Å². The molecule has 2 rings (SSSR count). The lowest BCUT2D eigenvalue weighted by Gasteiger charge is -2.26. The number of aromatic nitrogens is 2. The van der Waals surface area contributed by atoms with Crippen molar-refractivity contribution >= 4 is 29.2 Å². The number of rotatable bonds is 4. The first-order valence-electron chi connectivity index (χ1n) is 6.40. The van der Waals surface area contributed by atoms with Crippen molar-refractivity contribution in [2.45, 2.75) is 25.8 Å². The van der Waals surface area contributed by atoms with Crippen LogP contribution < -0.4 is 4.90 Å². The van der Waals surface area contributed by atoms with Crippen LogP contribution in [0.3, 0.4) is 0 Å². The number of hydrogen-bond acceptors (Lipinski definition) is 3. The SMILES string of the molecule is Cc1nc(N(C)C(C)c2ccccc2Cl)ncc1CCl. The van der Waals surface area contributed by atoms with Crippen molar-refractivity contribution in [3.05, 3.63) is 52.3 Å². The van der Waals surface area contributed by atoms with Gasteiger partial charge >= 0.3 is 0 Å². The van der Waals surface area contributed by atoms with Crippen molar-refractivity contribution in [1.29, 1.82) is 0 Å². The minimum Gasteiger partial charge on any atom is -0.337 e. The first-order chi connectivity index (χ1) is 9.54. The lowest BCUT2D eigenvalue weighted by Crippen LogP contribution is -2.24. The molecule has 0 N–H and O–H groups in total. The zero-order chi connectivity index (χ0) is 14.7. The van der Waals surface area contributed by atoms with E-state index in [0.29, 0.717) is 11.8 Å². The maximum atomic E-state index is 6.24. The zero-order valence-corrected chi connectivity index (χ0v) is 13.3. The van der Waals surface area contributed by atoms with Crippen LogP contribution in [0.5, 0.6) is 0 Å². The fourth-order valence-corrected chi connectivity index (χ4v) is 2.53. The second kappa shape index (κ2) is 6.42. The van der Waals surface area contributed by atoms with E-state index in [1.165, 1.54) is 0 Å². The van der Waals surface area contributed by atoms with E-state index in [1.807, 2.05) is 43.1 Å². The molecule has 1 aromatic carbocycles. The second-order valence-electron chi connectivity index (χ2n) is 4.72. The Balaban J connectivity index is 2.29. The average molecular weight is 310 g/mol. The molecule has 0 saturated carbocycles. The minimum absolute atomic E-state index is 0.0879. The smallest absolute Gasteiger partial charge is 0.225 e. The summed E-state index contributed by atoms with van der Waals surface area (Å²) in [5.41, 5.74) is 2.91. The van der Waals surface area contributed by atoms with Gasteiger partial charge in [-0.15, -0.1) is 11.6 Å². The molecule has 0 fully saturated rings. The zero-order valence-electron chi connectivity index (χ0n) is 11.8. The van der Waals surface area contributed by atoms with E-state index in [2.05, 4.69) is 16.9 Å². The van der Waals surface area contributed by atoms with Crippen molar-refractivity contribution in [2.24, 2.45) is 0 Å². The van der Waals surface area contributed by atoms with Gasteiger partial charge in [0.2, 0.25) is 5.95 Å². The van der Waals surface area contributed by atoms with Crippen LogP contribution in [0.2, 0.25) is 5.02 Å². The first-order valence-corrected chi connectivity index (χ1v) is 7.31. The van der Waals surface area contributed by atoms with Crippen molar-refractivity contribution in [3.63, 3.8) is 0 Å². The van der Waals surface area contributed by atoms with Crippen LogP contribution in [0.4, 0.5) is 5.95 Å². The summed E-state index contributed by atoms with van der Waals surface area (Å²) in [6.07, 6.45) is 1.78. The molecule has 20 heavy (non-hydrogen) atoms. The predicted octanol–water partition coefficient (Wildman–Crippen LogP) is 4.37. The van der Waals surface area contributed by atoms with Gasteiger partial charge in [0.1, 0.15) is 0 Å². The summed E-state index contributed by atoms with van der Waals surface area (Å²) in [5.74, 6) is 1.10. The topological polar surface area (TPSA) is 29.0 Å². The summed E-state index contributed by atoms with van der Waals surface area (Å²) in [5, 5.41) is 0.751. The molecular formula is C15H17Cl2N3. The largest absolute Gasteiger partial charge is 0.337 e. The monoisotopic (exact) mass is 309 g/mol. The molecule has 106 valence electrons. The van der Waals surface area contributed by atoms with Crippen LogP contribution in [0, 0.1) is 6.92 Å². The summed E-state index contributed by atoms with van der Waals surface area (Å²) in [6, 6.07) is 7.90. The van der Waals surface area contributed by atoms with Gasteiger partial charge in [-0.2, -0.15) is 0 Å². The van der Waals surface area contributed by atoms with Gasteiger partial charge in [-0.05, 0) is 25.5 Å². The van der Waals surface area contributed by atoms with Crippen LogP contribution in [-0.2, 0) is 5.88 Å². The summed E-state index contributed by atoms with van der Waals surface area (Å²) in [4.78, 5) is 10.9. The van der Waals surface area contributed by atoms with Gasteiger partial charge in [-0.25, -0.2) is 9.97 Å². The van der Waals surface area contributed by atoms with E-state index >= 15 is 0 Å². The van der Waals surface area contributed by atoms with E-state index in [4.69, 9.17) is 23.2 Å². The molecule has 0 bridgehead atoms. The van der Waals surface area contributed by atoms with Crippen LogP contribution in [0.1, 0.15) is 29.8 Å². The molecule has 1 atom stereocenters. The number of hydrogen-bond donors (Lipinski definition) is 0. The third kappa shape index (κ3) is 3.05. The van der Waals surface area contributed by atoms with Gasteiger partial charge in [-0.3, -0.25) is 0 Å². The third-order valence-corrected chi connectivity index (χ3v) is 4.10. The van der Waals surface area contributed by atoms with Gasteiger partial charge < -0.3 is 4.90 Å². The van der Waals surface area contributed by atoms with Crippen molar-refractivity contribution in [2.75, 3.05) is 11.9 Å². The lowest BCUT2D eigenvalue weighted by molar-refractivity contribution is 0.712. The number of alkyl halides is 1. The van der Waals surface area contributed by atoms with E-state index in [0.717, 1.165) is 21.8 Å². The van der Waals surface area contributed by atoms with Crippen molar-refractivity contribution < 1.29 is 0 Å². The molecule has 5 heteroatoms. The van der Waals surface area contributed by atoms with Gasteiger partial charge in [0.15, 0.2) is 0 Å². The Bertz CT molecular complexity index is 601. The lowest BCUT2D eigenvalue weighted by atomic mass is 10.1. The molecule has 2 aromatic rings. The maximum absolute atomic E-state index is 6.24. The van der Waals surface area contributed by atoms with Gasteiger partial charge in [0.25, 0.3) is 0 Å². The molecule has 1 heterocycles. The molecule has 0 aliphatic heterocycles. The van der Waals surface area contributed by atoms with Crippen LogP contribution in [0.25, 0.3) is 0 Å². The third-order valence-electron chi connectivity index (χ3n) is 3.46. The first kappa shape index (κ1) is 15.1. The molecule has 0 aliphatic carbocycles. The number of anilines is 1. The number of halogens is 2. The molecule has 1 unspecified atom stereocenters. The Morgan fingerprint density at radius 3 is 2.60 bits per heavy atom.